The lowest BCUT2D eigenvalue weighted by molar-refractivity contribution is 0.421. The number of hydrogen-bond donors (Lipinski definition) is 1. The molecule has 1 unspecified atom stereocenters. The second-order valence-corrected chi connectivity index (χ2v) is 7.18. The molecule has 1 aromatic rings. The second-order valence-electron chi connectivity index (χ2n) is 6.77. The van der Waals surface area contributed by atoms with Crippen molar-refractivity contribution < 1.29 is 4.39 Å². The number of halogens is 2. The van der Waals surface area contributed by atoms with Crippen LogP contribution in [-0.2, 0) is 6.42 Å². The van der Waals surface area contributed by atoms with Crippen LogP contribution in [0, 0.1) is 22.6 Å². The SMILES string of the molecule is CNC(Cc1ccc(F)c(Cl)c1)C1C(C)(C)C1(C)C. The average molecular weight is 284 g/mol. The van der Waals surface area contributed by atoms with Gasteiger partial charge < -0.3 is 5.32 Å². The molecule has 106 valence electrons. The van der Waals surface area contributed by atoms with Crippen LogP contribution >= 0.6 is 11.6 Å². The van der Waals surface area contributed by atoms with Gasteiger partial charge in [-0.15, -0.1) is 0 Å². The summed E-state index contributed by atoms with van der Waals surface area (Å²) in [6.07, 6.45) is 0.883. The molecule has 1 atom stereocenters. The van der Waals surface area contributed by atoms with E-state index in [4.69, 9.17) is 11.6 Å². The molecule has 1 aliphatic rings. The van der Waals surface area contributed by atoms with Gasteiger partial charge in [0.05, 0.1) is 5.02 Å². The lowest BCUT2D eigenvalue weighted by atomic mass is 9.97. The number of hydrogen-bond acceptors (Lipinski definition) is 1. The number of benzene rings is 1. The van der Waals surface area contributed by atoms with Gasteiger partial charge in [0.25, 0.3) is 0 Å². The van der Waals surface area contributed by atoms with Crippen molar-refractivity contribution in [1.82, 2.24) is 5.32 Å². The first-order chi connectivity index (χ1) is 8.71. The molecule has 0 aliphatic heterocycles. The number of rotatable bonds is 4. The molecule has 1 aromatic carbocycles. The van der Waals surface area contributed by atoms with Crippen LogP contribution in [0.25, 0.3) is 0 Å². The van der Waals surface area contributed by atoms with E-state index in [0.717, 1.165) is 12.0 Å². The molecule has 1 fully saturated rings. The van der Waals surface area contributed by atoms with Gasteiger partial charge in [-0.1, -0.05) is 45.4 Å². The topological polar surface area (TPSA) is 12.0 Å². The number of likely N-dealkylation sites (N-methyl/N-ethyl adjacent to an activating group) is 1. The fourth-order valence-corrected chi connectivity index (χ4v) is 3.76. The molecular weight excluding hydrogens is 261 g/mol. The summed E-state index contributed by atoms with van der Waals surface area (Å²) in [6, 6.07) is 5.41. The molecule has 1 saturated carbocycles. The molecule has 1 N–H and O–H groups in total. The van der Waals surface area contributed by atoms with Crippen molar-refractivity contribution in [3.05, 3.63) is 34.6 Å². The molecule has 0 aromatic heterocycles. The molecular formula is C16H23ClFN. The van der Waals surface area contributed by atoms with Gasteiger partial charge in [-0.05, 0) is 47.9 Å². The van der Waals surface area contributed by atoms with E-state index >= 15 is 0 Å². The van der Waals surface area contributed by atoms with Gasteiger partial charge in [0.1, 0.15) is 5.82 Å². The molecule has 2 rings (SSSR count). The van der Waals surface area contributed by atoms with Gasteiger partial charge in [-0.2, -0.15) is 0 Å². The fraction of sp³-hybridized carbons (Fsp3) is 0.625. The molecule has 1 aliphatic carbocycles. The summed E-state index contributed by atoms with van der Waals surface area (Å²) < 4.78 is 13.2. The predicted molar refractivity (Wildman–Crippen MR) is 79.0 cm³/mol. The first-order valence-corrected chi connectivity index (χ1v) is 7.21. The molecule has 1 nitrogen and oxygen atoms in total. The quantitative estimate of drug-likeness (QED) is 0.869. The average Bonchev–Trinajstić information content (AvgIpc) is 2.72. The highest BCUT2D eigenvalue weighted by Gasteiger charge is 2.66. The van der Waals surface area contributed by atoms with Gasteiger partial charge in [-0.3, -0.25) is 0 Å². The van der Waals surface area contributed by atoms with Crippen molar-refractivity contribution in [1.29, 1.82) is 0 Å². The Morgan fingerprint density at radius 3 is 2.26 bits per heavy atom. The van der Waals surface area contributed by atoms with Gasteiger partial charge in [0.2, 0.25) is 0 Å². The van der Waals surface area contributed by atoms with Crippen molar-refractivity contribution in [2.45, 2.75) is 40.2 Å². The first kappa shape index (κ1) is 14.8. The highest BCUT2D eigenvalue weighted by atomic mass is 35.5. The van der Waals surface area contributed by atoms with Crippen LogP contribution in [-0.4, -0.2) is 13.1 Å². The zero-order valence-electron chi connectivity index (χ0n) is 12.3. The van der Waals surface area contributed by atoms with Crippen LogP contribution in [0.1, 0.15) is 33.3 Å². The maximum Gasteiger partial charge on any atom is 0.141 e. The van der Waals surface area contributed by atoms with Gasteiger partial charge in [-0.25, -0.2) is 4.39 Å². The smallest absolute Gasteiger partial charge is 0.141 e. The maximum atomic E-state index is 13.2. The Balaban J connectivity index is 2.15. The Morgan fingerprint density at radius 1 is 1.26 bits per heavy atom. The van der Waals surface area contributed by atoms with E-state index < -0.39 is 0 Å². The monoisotopic (exact) mass is 283 g/mol. The third-order valence-electron chi connectivity index (χ3n) is 5.35. The first-order valence-electron chi connectivity index (χ1n) is 6.83. The lowest BCUT2D eigenvalue weighted by Crippen LogP contribution is -2.32. The second kappa shape index (κ2) is 4.75. The molecule has 0 amide bonds. The zero-order valence-corrected chi connectivity index (χ0v) is 13.1. The normalized spacial score (nSPS) is 22.3. The Bertz CT molecular complexity index is 468. The highest BCUT2D eigenvalue weighted by Crippen LogP contribution is 2.69. The third kappa shape index (κ3) is 2.41. The van der Waals surface area contributed by atoms with Gasteiger partial charge in [0, 0.05) is 6.04 Å². The summed E-state index contributed by atoms with van der Waals surface area (Å²) in [6.45, 7) is 9.28. The summed E-state index contributed by atoms with van der Waals surface area (Å²) in [5.41, 5.74) is 1.76. The predicted octanol–water partition coefficient (Wildman–Crippen LogP) is 4.29. The van der Waals surface area contributed by atoms with Gasteiger partial charge >= 0.3 is 0 Å². The standard InChI is InChI=1S/C16H23ClFN/c1-15(2)14(16(15,3)4)13(19-5)9-10-6-7-12(18)11(17)8-10/h6-8,13-14,19H,9H2,1-5H3. The van der Waals surface area contributed by atoms with Crippen LogP contribution in [0.15, 0.2) is 18.2 Å². The fourth-order valence-electron chi connectivity index (χ4n) is 3.56. The number of nitrogens with one attached hydrogen (secondary N) is 1. The minimum atomic E-state index is -0.349. The van der Waals surface area contributed by atoms with E-state index in [-0.39, 0.29) is 10.8 Å². The summed E-state index contributed by atoms with van der Waals surface area (Å²) in [7, 11) is 2.00. The Hall–Kier alpha value is -0.600. The molecule has 0 saturated heterocycles. The zero-order chi connectivity index (χ0) is 14.4. The van der Waals surface area contributed by atoms with E-state index in [0.29, 0.717) is 22.8 Å². The van der Waals surface area contributed by atoms with Crippen molar-refractivity contribution in [2.24, 2.45) is 16.7 Å². The molecule has 0 bridgehead atoms. The molecule has 0 radical (unpaired) electrons. The van der Waals surface area contributed by atoms with E-state index in [1.54, 1.807) is 6.07 Å². The minimum absolute atomic E-state index is 0.210. The third-order valence-corrected chi connectivity index (χ3v) is 5.63. The summed E-state index contributed by atoms with van der Waals surface area (Å²) in [5, 5.41) is 3.63. The van der Waals surface area contributed by atoms with Crippen LogP contribution in [0.4, 0.5) is 4.39 Å². The van der Waals surface area contributed by atoms with E-state index in [2.05, 4.69) is 33.0 Å². The molecule has 19 heavy (non-hydrogen) atoms. The van der Waals surface area contributed by atoms with Crippen LogP contribution in [0.2, 0.25) is 5.02 Å². The van der Waals surface area contributed by atoms with E-state index in [1.807, 2.05) is 13.1 Å². The van der Waals surface area contributed by atoms with Crippen LogP contribution in [0.3, 0.4) is 0 Å². The Labute approximate surface area is 120 Å². The van der Waals surface area contributed by atoms with E-state index in [9.17, 15) is 4.39 Å². The van der Waals surface area contributed by atoms with Crippen molar-refractivity contribution in [2.75, 3.05) is 7.05 Å². The summed E-state index contributed by atoms with van der Waals surface area (Å²) >= 11 is 5.85. The molecule has 0 heterocycles. The van der Waals surface area contributed by atoms with Crippen LogP contribution in [0.5, 0.6) is 0 Å². The van der Waals surface area contributed by atoms with Crippen molar-refractivity contribution in [3.8, 4) is 0 Å². The largest absolute Gasteiger partial charge is 0.316 e. The van der Waals surface area contributed by atoms with Crippen LogP contribution < -0.4 is 5.32 Å². The highest BCUT2D eigenvalue weighted by molar-refractivity contribution is 6.30. The molecule has 3 heteroatoms. The van der Waals surface area contributed by atoms with E-state index in [1.165, 1.54) is 6.07 Å². The van der Waals surface area contributed by atoms with Gasteiger partial charge in [0.15, 0.2) is 0 Å². The molecule has 0 spiro atoms. The summed E-state index contributed by atoms with van der Waals surface area (Å²) in [4.78, 5) is 0. The Kier molecular flexibility index (Phi) is 3.70. The van der Waals surface area contributed by atoms with Crippen molar-refractivity contribution >= 4 is 11.6 Å². The maximum absolute atomic E-state index is 13.2. The minimum Gasteiger partial charge on any atom is -0.316 e. The Morgan fingerprint density at radius 2 is 1.84 bits per heavy atom. The lowest BCUT2D eigenvalue weighted by Gasteiger charge is -2.19. The summed E-state index contributed by atoms with van der Waals surface area (Å²) in [5.74, 6) is 0.271. The van der Waals surface area contributed by atoms with Crippen molar-refractivity contribution in [3.63, 3.8) is 0 Å².